The molecule has 1 amide bonds. The van der Waals surface area contributed by atoms with Crippen molar-refractivity contribution in [2.75, 3.05) is 0 Å². The van der Waals surface area contributed by atoms with Crippen LogP contribution in [0.25, 0.3) is 10.8 Å². The molecule has 1 aromatic heterocycles. The molecule has 0 radical (unpaired) electrons. The lowest BCUT2D eigenvalue weighted by Crippen LogP contribution is -2.24. The van der Waals surface area contributed by atoms with Crippen LogP contribution in [-0.4, -0.2) is 27.0 Å². The van der Waals surface area contributed by atoms with Crippen molar-refractivity contribution < 1.29 is 9.90 Å². The number of phenolic OH excluding ortho intramolecular Hbond substituents is 1. The van der Waals surface area contributed by atoms with Crippen LogP contribution in [0.3, 0.4) is 0 Å². The fourth-order valence-electron chi connectivity index (χ4n) is 2.59. The molecule has 2 N–H and O–H groups in total. The van der Waals surface area contributed by atoms with Crippen molar-refractivity contribution >= 4 is 22.9 Å². The predicted molar refractivity (Wildman–Crippen MR) is 93.1 cm³/mol. The molecule has 0 atom stereocenters. The Kier molecular flexibility index (Phi) is 4.29. The highest BCUT2D eigenvalue weighted by atomic mass is 16.3. The van der Waals surface area contributed by atoms with Crippen LogP contribution in [0.5, 0.6) is 5.75 Å². The second kappa shape index (κ2) is 6.54. The molecule has 0 aliphatic heterocycles. The monoisotopic (exact) mass is 322 g/mol. The van der Waals surface area contributed by atoms with Crippen LogP contribution in [0.4, 0.5) is 0 Å². The van der Waals surface area contributed by atoms with Gasteiger partial charge in [-0.05, 0) is 36.8 Å². The molecule has 0 unspecified atom stereocenters. The van der Waals surface area contributed by atoms with E-state index in [1.165, 1.54) is 6.21 Å². The Morgan fingerprint density at radius 3 is 2.83 bits per heavy atom. The average molecular weight is 322 g/mol. The SMILES string of the molecule is Cc1cc(C)n(CC(=O)N/N=C\c2c(O)ccc3ccccc23)n1. The van der Waals surface area contributed by atoms with E-state index in [0.29, 0.717) is 5.56 Å². The normalized spacial score (nSPS) is 11.2. The Balaban J connectivity index is 1.74. The highest BCUT2D eigenvalue weighted by molar-refractivity contribution is 6.02. The van der Waals surface area contributed by atoms with Gasteiger partial charge in [0, 0.05) is 11.3 Å². The number of nitrogens with one attached hydrogen (secondary N) is 1. The molecule has 0 spiro atoms. The number of phenols is 1. The number of rotatable bonds is 4. The smallest absolute Gasteiger partial charge is 0.261 e. The minimum atomic E-state index is -0.280. The Morgan fingerprint density at radius 1 is 1.29 bits per heavy atom. The molecule has 122 valence electrons. The molecule has 3 aromatic rings. The number of hydrogen-bond donors (Lipinski definition) is 2. The van der Waals surface area contributed by atoms with E-state index in [1.807, 2.05) is 50.2 Å². The van der Waals surface area contributed by atoms with Crippen molar-refractivity contribution in [1.29, 1.82) is 0 Å². The van der Waals surface area contributed by atoms with Crippen LogP contribution >= 0.6 is 0 Å². The predicted octanol–water partition coefficient (Wildman–Crippen LogP) is 2.51. The summed E-state index contributed by atoms with van der Waals surface area (Å²) in [5.74, 6) is -0.164. The van der Waals surface area contributed by atoms with Crippen molar-refractivity contribution in [3.63, 3.8) is 0 Å². The summed E-state index contributed by atoms with van der Waals surface area (Å²) < 4.78 is 1.62. The lowest BCUT2D eigenvalue weighted by molar-refractivity contribution is -0.121. The fourth-order valence-corrected chi connectivity index (χ4v) is 2.59. The summed E-state index contributed by atoms with van der Waals surface area (Å²) in [4.78, 5) is 12.0. The van der Waals surface area contributed by atoms with Gasteiger partial charge < -0.3 is 5.11 Å². The second-order valence-corrected chi connectivity index (χ2v) is 5.60. The van der Waals surface area contributed by atoms with Crippen LogP contribution in [-0.2, 0) is 11.3 Å². The van der Waals surface area contributed by atoms with Crippen molar-refractivity contribution in [3.05, 3.63) is 59.4 Å². The van der Waals surface area contributed by atoms with E-state index in [1.54, 1.807) is 10.7 Å². The molecular formula is C18H18N4O2. The Hall–Kier alpha value is -3.15. The number of carbonyl (C=O) groups excluding carboxylic acids is 1. The van der Waals surface area contributed by atoms with Crippen molar-refractivity contribution in [3.8, 4) is 5.75 Å². The van der Waals surface area contributed by atoms with E-state index in [0.717, 1.165) is 22.2 Å². The zero-order valence-corrected chi connectivity index (χ0v) is 13.5. The first-order valence-electron chi connectivity index (χ1n) is 7.58. The van der Waals surface area contributed by atoms with Crippen LogP contribution < -0.4 is 5.43 Å². The molecule has 0 bridgehead atoms. The third-order valence-electron chi connectivity index (χ3n) is 3.73. The maximum absolute atomic E-state index is 12.0. The van der Waals surface area contributed by atoms with Crippen LogP contribution in [0.15, 0.2) is 47.6 Å². The summed E-state index contributed by atoms with van der Waals surface area (Å²) in [6, 6.07) is 13.0. The van der Waals surface area contributed by atoms with Crippen molar-refractivity contribution in [2.45, 2.75) is 20.4 Å². The highest BCUT2D eigenvalue weighted by Gasteiger charge is 2.07. The number of amides is 1. The quantitative estimate of drug-likeness (QED) is 0.572. The minimum Gasteiger partial charge on any atom is -0.507 e. The summed E-state index contributed by atoms with van der Waals surface area (Å²) in [5, 5.41) is 20.1. The first-order chi connectivity index (χ1) is 11.5. The van der Waals surface area contributed by atoms with E-state index >= 15 is 0 Å². The van der Waals surface area contributed by atoms with Crippen molar-refractivity contribution in [2.24, 2.45) is 5.10 Å². The lowest BCUT2D eigenvalue weighted by Gasteiger charge is -2.05. The molecule has 24 heavy (non-hydrogen) atoms. The number of aromatic nitrogens is 2. The van der Waals surface area contributed by atoms with E-state index in [9.17, 15) is 9.90 Å². The van der Waals surface area contributed by atoms with Gasteiger partial charge in [-0.25, -0.2) is 5.43 Å². The molecule has 0 saturated carbocycles. The zero-order valence-electron chi connectivity index (χ0n) is 13.5. The van der Waals surface area contributed by atoms with Gasteiger partial charge in [-0.15, -0.1) is 0 Å². The summed E-state index contributed by atoms with van der Waals surface area (Å²) in [5.41, 5.74) is 4.82. The van der Waals surface area contributed by atoms with Gasteiger partial charge in [0.25, 0.3) is 5.91 Å². The molecule has 2 aromatic carbocycles. The molecule has 0 aliphatic carbocycles. The van der Waals surface area contributed by atoms with Crippen molar-refractivity contribution in [1.82, 2.24) is 15.2 Å². The van der Waals surface area contributed by atoms with Gasteiger partial charge in [-0.3, -0.25) is 9.48 Å². The number of hydrogen-bond acceptors (Lipinski definition) is 4. The third kappa shape index (κ3) is 3.27. The van der Waals surface area contributed by atoms with Crippen LogP contribution in [0.1, 0.15) is 17.0 Å². The molecule has 1 heterocycles. The number of carbonyl (C=O) groups is 1. The molecule has 0 aliphatic rings. The number of fused-ring (bicyclic) bond motifs is 1. The number of aryl methyl sites for hydroxylation is 2. The summed E-state index contributed by atoms with van der Waals surface area (Å²) in [6.45, 7) is 3.87. The van der Waals surface area contributed by atoms with Gasteiger partial charge in [0.1, 0.15) is 12.3 Å². The lowest BCUT2D eigenvalue weighted by atomic mass is 10.0. The first kappa shape index (κ1) is 15.7. The minimum absolute atomic E-state index is 0.0958. The standard InChI is InChI=1S/C18H18N4O2/c1-12-9-13(2)22(21-12)11-18(24)20-19-10-16-15-6-4-3-5-14(15)7-8-17(16)23/h3-10,23H,11H2,1-2H3,(H,20,24)/b19-10-. The maximum Gasteiger partial charge on any atom is 0.261 e. The number of hydrazone groups is 1. The molecule has 0 saturated heterocycles. The highest BCUT2D eigenvalue weighted by Crippen LogP contribution is 2.25. The average Bonchev–Trinajstić information content (AvgIpc) is 2.87. The zero-order chi connectivity index (χ0) is 17.1. The Bertz CT molecular complexity index is 928. The number of aromatic hydroxyl groups is 1. The topological polar surface area (TPSA) is 79.5 Å². The van der Waals surface area contributed by atoms with Gasteiger partial charge in [0.2, 0.25) is 0 Å². The second-order valence-electron chi connectivity index (χ2n) is 5.60. The number of benzene rings is 2. The van der Waals surface area contributed by atoms with Gasteiger partial charge in [-0.2, -0.15) is 10.2 Å². The largest absolute Gasteiger partial charge is 0.507 e. The summed E-state index contributed by atoms with van der Waals surface area (Å²) >= 11 is 0. The summed E-state index contributed by atoms with van der Waals surface area (Å²) in [6.07, 6.45) is 1.46. The molecular weight excluding hydrogens is 304 g/mol. The van der Waals surface area contributed by atoms with Crippen LogP contribution in [0.2, 0.25) is 0 Å². The van der Waals surface area contributed by atoms with E-state index in [-0.39, 0.29) is 18.2 Å². The van der Waals surface area contributed by atoms with E-state index < -0.39 is 0 Å². The van der Waals surface area contributed by atoms with Gasteiger partial charge in [-0.1, -0.05) is 30.3 Å². The molecule has 3 rings (SSSR count). The number of nitrogens with zero attached hydrogens (tertiary/aromatic N) is 3. The molecule has 6 nitrogen and oxygen atoms in total. The first-order valence-corrected chi connectivity index (χ1v) is 7.58. The Morgan fingerprint density at radius 2 is 2.08 bits per heavy atom. The van der Waals surface area contributed by atoms with Gasteiger partial charge in [0.05, 0.1) is 11.9 Å². The molecule has 6 heteroatoms. The third-order valence-corrected chi connectivity index (χ3v) is 3.73. The van der Waals surface area contributed by atoms with E-state index in [2.05, 4.69) is 15.6 Å². The van der Waals surface area contributed by atoms with Crippen LogP contribution in [0, 0.1) is 13.8 Å². The Labute approximate surface area is 139 Å². The van der Waals surface area contributed by atoms with Gasteiger partial charge in [0.15, 0.2) is 0 Å². The van der Waals surface area contributed by atoms with Gasteiger partial charge >= 0.3 is 0 Å². The van der Waals surface area contributed by atoms with E-state index in [4.69, 9.17) is 0 Å². The fraction of sp³-hybridized carbons (Fsp3) is 0.167. The maximum atomic E-state index is 12.0. The molecule has 0 fully saturated rings. The summed E-state index contributed by atoms with van der Waals surface area (Å²) in [7, 11) is 0.